The first-order valence-electron chi connectivity index (χ1n) is 7.06. The molecule has 0 saturated carbocycles. The summed E-state index contributed by atoms with van der Waals surface area (Å²) in [6.07, 6.45) is 0. The predicted octanol–water partition coefficient (Wildman–Crippen LogP) is 3.13. The molecule has 3 rings (SSSR count). The van der Waals surface area contributed by atoms with Crippen LogP contribution in [0, 0.1) is 0 Å². The Morgan fingerprint density at radius 3 is 2.35 bits per heavy atom. The Morgan fingerprint density at radius 2 is 1.74 bits per heavy atom. The lowest BCUT2D eigenvalue weighted by atomic mass is 10.1. The molecule has 0 spiro atoms. The first kappa shape index (κ1) is 15.3. The minimum atomic E-state index is -0.221. The fourth-order valence-electron chi connectivity index (χ4n) is 2.20. The topological polar surface area (TPSA) is 66.5 Å². The van der Waals surface area contributed by atoms with Gasteiger partial charge in [0.1, 0.15) is 0 Å². The third-order valence-corrected chi connectivity index (χ3v) is 4.29. The molecule has 0 bridgehead atoms. The Kier molecular flexibility index (Phi) is 4.43. The van der Waals surface area contributed by atoms with Crippen molar-refractivity contribution < 1.29 is 14.4 Å². The summed E-state index contributed by atoms with van der Waals surface area (Å²) < 4.78 is 0. The first-order valence-corrected chi connectivity index (χ1v) is 8.04. The standard InChI is InChI=1S/C17H14N2O3S/c20-15-11-23-17(22)19(15)10-12-6-8-13(9-7-12)16(21)18-14-4-2-1-3-5-14/h1-9H,10-11H2,(H,18,21). The summed E-state index contributed by atoms with van der Waals surface area (Å²) in [4.78, 5) is 36.5. The van der Waals surface area contributed by atoms with E-state index in [0.717, 1.165) is 23.0 Å². The van der Waals surface area contributed by atoms with Gasteiger partial charge in [0.05, 0.1) is 12.3 Å². The van der Waals surface area contributed by atoms with Crippen molar-refractivity contribution in [3.05, 3.63) is 65.7 Å². The number of rotatable bonds is 4. The molecule has 1 aliphatic rings. The van der Waals surface area contributed by atoms with Crippen LogP contribution in [0.15, 0.2) is 54.6 Å². The third kappa shape index (κ3) is 3.60. The molecule has 0 aromatic heterocycles. The smallest absolute Gasteiger partial charge is 0.289 e. The van der Waals surface area contributed by atoms with Gasteiger partial charge in [-0.25, -0.2) is 0 Å². The molecule has 23 heavy (non-hydrogen) atoms. The number of nitrogens with zero attached hydrogens (tertiary/aromatic N) is 1. The van der Waals surface area contributed by atoms with Gasteiger partial charge < -0.3 is 5.32 Å². The third-order valence-electron chi connectivity index (χ3n) is 3.43. The summed E-state index contributed by atoms with van der Waals surface area (Å²) in [6.45, 7) is 0.241. The van der Waals surface area contributed by atoms with E-state index in [0.29, 0.717) is 5.56 Å². The van der Waals surface area contributed by atoms with Gasteiger partial charge in [0.15, 0.2) is 0 Å². The van der Waals surface area contributed by atoms with Gasteiger partial charge in [0, 0.05) is 11.3 Å². The van der Waals surface area contributed by atoms with Crippen molar-refractivity contribution in [3.63, 3.8) is 0 Å². The molecule has 0 radical (unpaired) electrons. The number of carbonyl (C=O) groups is 3. The lowest BCUT2D eigenvalue weighted by Crippen LogP contribution is -2.27. The molecule has 5 nitrogen and oxygen atoms in total. The van der Waals surface area contributed by atoms with E-state index in [9.17, 15) is 14.4 Å². The molecule has 2 aromatic rings. The maximum absolute atomic E-state index is 12.1. The monoisotopic (exact) mass is 326 g/mol. The minimum Gasteiger partial charge on any atom is -0.322 e. The number of hydrogen-bond donors (Lipinski definition) is 1. The Balaban J connectivity index is 1.66. The van der Waals surface area contributed by atoms with E-state index < -0.39 is 0 Å². The second kappa shape index (κ2) is 6.66. The molecule has 3 amide bonds. The van der Waals surface area contributed by atoms with Gasteiger partial charge in [-0.1, -0.05) is 42.1 Å². The molecule has 0 aliphatic carbocycles. The number of para-hydroxylation sites is 1. The normalized spacial score (nSPS) is 14.2. The molecule has 6 heteroatoms. The van der Waals surface area contributed by atoms with Crippen molar-refractivity contribution in [1.82, 2.24) is 4.90 Å². The highest BCUT2D eigenvalue weighted by Crippen LogP contribution is 2.21. The highest BCUT2D eigenvalue weighted by molar-refractivity contribution is 8.14. The van der Waals surface area contributed by atoms with Crippen LogP contribution in [0.1, 0.15) is 15.9 Å². The van der Waals surface area contributed by atoms with Gasteiger partial charge in [-0.3, -0.25) is 19.3 Å². The zero-order valence-electron chi connectivity index (χ0n) is 12.2. The molecule has 116 valence electrons. The average Bonchev–Trinajstić information content (AvgIpc) is 2.88. The van der Waals surface area contributed by atoms with Crippen LogP contribution in [-0.4, -0.2) is 27.7 Å². The fraction of sp³-hybridized carbons (Fsp3) is 0.118. The second-order valence-corrected chi connectivity index (χ2v) is 5.98. The van der Waals surface area contributed by atoms with Crippen molar-refractivity contribution in [2.24, 2.45) is 0 Å². The van der Waals surface area contributed by atoms with Crippen molar-refractivity contribution >= 4 is 34.5 Å². The maximum atomic E-state index is 12.1. The lowest BCUT2D eigenvalue weighted by Gasteiger charge is -2.13. The van der Waals surface area contributed by atoms with Crippen LogP contribution in [-0.2, 0) is 11.3 Å². The van der Waals surface area contributed by atoms with E-state index in [4.69, 9.17) is 0 Å². The SMILES string of the molecule is O=C(Nc1ccccc1)c1ccc(CN2C(=O)CSC2=O)cc1. The van der Waals surface area contributed by atoms with Gasteiger partial charge in [0.25, 0.3) is 11.1 Å². The van der Waals surface area contributed by atoms with E-state index in [1.165, 1.54) is 4.90 Å². The summed E-state index contributed by atoms with van der Waals surface area (Å²) >= 11 is 1.02. The summed E-state index contributed by atoms with van der Waals surface area (Å²) in [6, 6.07) is 16.1. The molecule has 1 saturated heterocycles. The number of amides is 3. The Morgan fingerprint density at radius 1 is 1.04 bits per heavy atom. The summed E-state index contributed by atoms with van der Waals surface area (Å²) in [7, 11) is 0. The summed E-state index contributed by atoms with van der Waals surface area (Å²) in [5.74, 6) is -0.173. The maximum Gasteiger partial charge on any atom is 0.289 e. The van der Waals surface area contributed by atoms with E-state index in [2.05, 4.69) is 5.32 Å². The van der Waals surface area contributed by atoms with Gasteiger partial charge in [0.2, 0.25) is 5.91 Å². The van der Waals surface area contributed by atoms with Gasteiger partial charge in [-0.15, -0.1) is 0 Å². The molecule has 0 atom stereocenters. The van der Waals surface area contributed by atoms with Crippen LogP contribution in [0.2, 0.25) is 0 Å². The Bertz CT molecular complexity index is 728. The molecule has 1 heterocycles. The van der Waals surface area contributed by atoms with Crippen molar-refractivity contribution in [3.8, 4) is 0 Å². The number of anilines is 1. The van der Waals surface area contributed by atoms with Crippen LogP contribution in [0.25, 0.3) is 0 Å². The molecule has 2 aromatic carbocycles. The molecule has 1 fully saturated rings. The quantitative estimate of drug-likeness (QED) is 0.937. The average molecular weight is 326 g/mol. The zero-order chi connectivity index (χ0) is 16.2. The van der Waals surface area contributed by atoms with Crippen LogP contribution in [0.4, 0.5) is 10.5 Å². The molecule has 1 aliphatic heterocycles. The molecule has 0 unspecified atom stereocenters. The van der Waals surface area contributed by atoms with E-state index in [1.54, 1.807) is 24.3 Å². The van der Waals surface area contributed by atoms with Crippen LogP contribution < -0.4 is 5.32 Å². The minimum absolute atomic E-state index is 0.175. The second-order valence-electron chi connectivity index (χ2n) is 5.05. The van der Waals surface area contributed by atoms with Crippen LogP contribution >= 0.6 is 11.8 Å². The lowest BCUT2D eigenvalue weighted by molar-refractivity contribution is -0.125. The highest BCUT2D eigenvalue weighted by atomic mass is 32.2. The fourth-order valence-corrected chi connectivity index (χ4v) is 2.93. The number of thioether (sulfide) groups is 1. The van der Waals surface area contributed by atoms with Crippen molar-refractivity contribution in [1.29, 1.82) is 0 Å². The van der Waals surface area contributed by atoms with Gasteiger partial charge in [-0.05, 0) is 29.8 Å². The molecule has 1 N–H and O–H groups in total. The number of nitrogens with one attached hydrogen (secondary N) is 1. The first-order chi connectivity index (χ1) is 11.1. The number of benzene rings is 2. The Labute approximate surface area is 137 Å². The van der Waals surface area contributed by atoms with E-state index >= 15 is 0 Å². The summed E-state index contributed by atoms with van der Waals surface area (Å²) in [5.41, 5.74) is 2.06. The number of imide groups is 1. The number of hydrogen-bond acceptors (Lipinski definition) is 4. The number of carbonyl (C=O) groups excluding carboxylic acids is 3. The van der Waals surface area contributed by atoms with Gasteiger partial charge >= 0.3 is 0 Å². The van der Waals surface area contributed by atoms with Crippen molar-refractivity contribution in [2.75, 3.05) is 11.1 Å². The van der Waals surface area contributed by atoms with Crippen molar-refractivity contribution in [2.45, 2.75) is 6.54 Å². The van der Waals surface area contributed by atoms with E-state index in [-0.39, 0.29) is 29.4 Å². The summed E-state index contributed by atoms with van der Waals surface area (Å²) in [5, 5.41) is 2.58. The largest absolute Gasteiger partial charge is 0.322 e. The highest BCUT2D eigenvalue weighted by Gasteiger charge is 2.29. The van der Waals surface area contributed by atoms with Gasteiger partial charge in [-0.2, -0.15) is 0 Å². The zero-order valence-corrected chi connectivity index (χ0v) is 13.0. The molecular weight excluding hydrogens is 312 g/mol. The van der Waals surface area contributed by atoms with Crippen LogP contribution in [0.3, 0.4) is 0 Å². The van der Waals surface area contributed by atoms with Crippen LogP contribution in [0.5, 0.6) is 0 Å². The van der Waals surface area contributed by atoms with E-state index in [1.807, 2.05) is 30.3 Å². The Hall–Kier alpha value is -2.60. The molecular formula is C17H14N2O3S. The predicted molar refractivity (Wildman–Crippen MR) is 89.2 cm³/mol.